The summed E-state index contributed by atoms with van der Waals surface area (Å²) in [5, 5.41) is 11.8. The van der Waals surface area contributed by atoms with Crippen LogP contribution in [0.25, 0.3) is 0 Å². The van der Waals surface area contributed by atoms with Gasteiger partial charge in [0.2, 0.25) is 12.7 Å². The molecule has 0 saturated carbocycles. The number of ether oxygens (including phenoxy) is 2. The van der Waals surface area contributed by atoms with Crippen molar-refractivity contribution < 1.29 is 14.3 Å². The second-order valence-corrected chi connectivity index (χ2v) is 4.74. The summed E-state index contributed by atoms with van der Waals surface area (Å²) in [6.07, 6.45) is 0.367. The number of amides is 1. The highest BCUT2D eigenvalue weighted by Crippen LogP contribution is 2.33. The molecular formula is C14H16N2O3. The Balaban J connectivity index is 2.06. The lowest BCUT2D eigenvalue weighted by Crippen LogP contribution is -2.35. The van der Waals surface area contributed by atoms with Crippen LogP contribution in [0.15, 0.2) is 18.2 Å². The van der Waals surface area contributed by atoms with Gasteiger partial charge >= 0.3 is 0 Å². The van der Waals surface area contributed by atoms with Gasteiger partial charge < -0.3 is 14.8 Å². The molecule has 1 atom stereocenters. The number of nitrogens with one attached hydrogen (secondary N) is 1. The van der Waals surface area contributed by atoms with Crippen LogP contribution in [-0.4, -0.2) is 18.7 Å². The summed E-state index contributed by atoms with van der Waals surface area (Å²) in [4.78, 5) is 11.8. The Hall–Kier alpha value is -2.22. The van der Waals surface area contributed by atoms with Crippen molar-refractivity contribution in [2.45, 2.75) is 26.3 Å². The monoisotopic (exact) mass is 260 g/mol. The first-order valence-electron chi connectivity index (χ1n) is 6.18. The van der Waals surface area contributed by atoms with Crippen LogP contribution in [0.2, 0.25) is 0 Å². The Morgan fingerprint density at radius 3 is 2.84 bits per heavy atom. The van der Waals surface area contributed by atoms with Crippen molar-refractivity contribution in [3.8, 4) is 17.6 Å². The first-order chi connectivity index (χ1) is 9.10. The summed E-state index contributed by atoms with van der Waals surface area (Å²) in [5.74, 6) is 0.431. The minimum Gasteiger partial charge on any atom is -0.454 e. The van der Waals surface area contributed by atoms with Gasteiger partial charge in [0.05, 0.1) is 6.07 Å². The highest BCUT2D eigenvalue weighted by molar-refractivity contribution is 5.81. The van der Waals surface area contributed by atoms with Crippen LogP contribution in [0.1, 0.15) is 19.4 Å². The number of carbonyl (C=O) groups is 1. The lowest BCUT2D eigenvalue weighted by atomic mass is 9.99. The van der Waals surface area contributed by atoms with E-state index in [9.17, 15) is 4.79 Å². The van der Waals surface area contributed by atoms with Crippen molar-refractivity contribution in [3.63, 3.8) is 0 Å². The maximum absolute atomic E-state index is 11.8. The molecule has 0 bridgehead atoms. The van der Waals surface area contributed by atoms with E-state index in [1.165, 1.54) is 0 Å². The number of fused-ring (bicyclic) bond motifs is 1. The highest BCUT2D eigenvalue weighted by Gasteiger charge is 2.21. The van der Waals surface area contributed by atoms with Crippen molar-refractivity contribution in [1.29, 1.82) is 5.26 Å². The summed E-state index contributed by atoms with van der Waals surface area (Å²) in [6, 6.07) is 7.53. The average Bonchev–Trinajstić information content (AvgIpc) is 2.82. The van der Waals surface area contributed by atoms with Crippen molar-refractivity contribution in [3.05, 3.63) is 23.8 Å². The van der Waals surface area contributed by atoms with Gasteiger partial charge in [-0.2, -0.15) is 5.26 Å². The number of carbonyl (C=O) groups excluding carboxylic acids is 1. The lowest BCUT2D eigenvalue weighted by molar-refractivity contribution is -0.123. The number of rotatable bonds is 4. The Morgan fingerprint density at radius 1 is 1.42 bits per heavy atom. The van der Waals surface area contributed by atoms with Gasteiger partial charge in [0, 0.05) is 6.04 Å². The summed E-state index contributed by atoms with van der Waals surface area (Å²) >= 11 is 0. The summed E-state index contributed by atoms with van der Waals surface area (Å²) in [7, 11) is 0. The molecule has 1 aromatic rings. The minimum atomic E-state index is -0.692. The van der Waals surface area contributed by atoms with E-state index < -0.39 is 5.92 Å². The molecule has 0 spiro atoms. The van der Waals surface area contributed by atoms with Crippen LogP contribution in [0.3, 0.4) is 0 Å². The number of benzene rings is 1. The molecule has 0 aliphatic carbocycles. The average molecular weight is 260 g/mol. The molecule has 1 unspecified atom stereocenters. The van der Waals surface area contributed by atoms with Gasteiger partial charge in [0.1, 0.15) is 5.92 Å². The van der Waals surface area contributed by atoms with Crippen molar-refractivity contribution in [1.82, 2.24) is 5.32 Å². The summed E-state index contributed by atoms with van der Waals surface area (Å²) in [5.41, 5.74) is 0.884. The van der Waals surface area contributed by atoms with Gasteiger partial charge in [0.15, 0.2) is 11.5 Å². The predicted molar refractivity (Wildman–Crippen MR) is 68.7 cm³/mol. The molecule has 1 aromatic carbocycles. The Bertz CT molecular complexity index is 520. The molecule has 5 nitrogen and oxygen atoms in total. The van der Waals surface area contributed by atoms with Crippen LogP contribution in [0.5, 0.6) is 11.5 Å². The van der Waals surface area contributed by atoms with E-state index in [0.717, 1.165) is 5.56 Å². The fourth-order valence-electron chi connectivity index (χ4n) is 1.89. The number of hydrogen-bond donors (Lipinski definition) is 1. The van der Waals surface area contributed by atoms with Gasteiger partial charge in [-0.3, -0.25) is 4.79 Å². The van der Waals surface area contributed by atoms with Crippen LogP contribution in [0, 0.1) is 17.2 Å². The van der Waals surface area contributed by atoms with Gasteiger partial charge in [-0.1, -0.05) is 6.07 Å². The lowest BCUT2D eigenvalue weighted by Gasteiger charge is -2.13. The molecule has 19 heavy (non-hydrogen) atoms. The number of nitriles is 1. The second-order valence-electron chi connectivity index (χ2n) is 4.74. The van der Waals surface area contributed by atoms with Gasteiger partial charge in [0.25, 0.3) is 0 Å². The van der Waals surface area contributed by atoms with Crippen molar-refractivity contribution in [2.24, 2.45) is 5.92 Å². The molecule has 1 amide bonds. The molecule has 0 fully saturated rings. The standard InChI is InChI=1S/C14H16N2O3/c1-9(2)16-14(17)11(7-15)5-10-3-4-12-13(6-10)19-8-18-12/h3-4,6,9,11H,5,8H2,1-2H3,(H,16,17). The molecule has 100 valence electrons. The molecule has 2 rings (SSSR count). The second kappa shape index (κ2) is 5.61. The molecule has 1 aliphatic rings. The van der Waals surface area contributed by atoms with Gasteiger partial charge in [-0.05, 0) is 38.0 Å². The van der Waals surface area contributed by atoms with Crippen LogP contribution in [0.4, 0.5) is 0 Å². The van der Waals surface area contributed by atoms with E-state index in [1.807, 2.05) is 32.0 Å². The molecule has 0 saturated heterocycles. The number of nitrogens with zero attached hydrogens (tertiary/aromatic N) is 1. The first-order valence-corrected chi connectivity index (χ1v) is 6.18. The Morgan fingerprint density at radius 2 is 2.16 bits per heavy atom. The Kier molecular flexibility index (Phi) is 3.91. The van der Waals surface area contributed by atoms with E-state index in [0.29, 0.717) is 17.9 Å². The molecule has 1 aliphatic heterocycles. The van der Waals surface area contributed by atoms with E-state index in [1.54, 1.807) is 6.07 Å². The molecule has 1 N–H and O–H groups in total. The zero-order valence-electron chi connectivity index (χ0n) is 11.0. The van der Waals surface area contributed by atoms with E-state index >= 15 is 0 Å². The third-order valence-electron chi connectivity index (χ3n) is 2.78. The fraction of sp³-hybridized carbons (Fsp3) is 0.429. The topological polar surface area (TPSA) is 71.4 Å². The fourth-order valence-corrected chi connectivity index (χ4v) is 1.89. The van der Waals surface area contributed by atoms with Gasteiger partial charge in [-0.25, -0.2) is 0 Å². The quantitative estimate of drug-likeness (QED) is 0.893. The SMILES string of the molecule is CC(C)NC(=O)C(C#N)Cc1ccc2c(c1)OCO2. The summed E-state index contributed by atoms with van der Waals surface area (Å²) in [6.45, 7) is 3.95. The van der Waals surface area contributed by atoms with Gasteiger partial charge in [-0.15, -0.1) is 0 Å². The smallest absolute Gasteiger partial charge is 0.237 e. The minimum absolute atomic E-state index is 0.0279. The zero-order chi connectivity index (χ0) is 13.8. The maximum atomic E-state index is 11.8. The Labute approximate surface area is 112 Å². The van der Waals surface area contributed by atoms with E-state index in [4.69, 9.17) is 14.7 Å². The third-order valence-corrected chi connectivity index (χ3v) is 2.78. The normalized spacial score (nSPS) is 14.0. The predicted octanol–water partition coefficient (Wildman–Crippen LogP) is 1.62. The third kappa shape index (κ3) is 3.16. The van der Waals surface area contributed by atoms with Crippen LogP contribution >= 0.6 is 0 Å². The van der Waals surface area contributed by atoms with E-state index in [2.05, 4.69) is 5.32 Å². The van der Waals surface area contributed by atoms with Crippen LogP contribution in [-0.2, 0) is 11.2 Å². The molecule has 0 aromatic heterocycles. The molecule has 5 heteroatoms. The number of hydrogen-bond acceptors (Lipinski definition) is 4. The largest absolute Gasteiger partial charge is 0.454 e. The molecule has 1 heterocycles. The molecular weight excluding hydrogens is 244 g/mol. The van der Waals surface area contributed by atoms with Crippen molar-refractivity contribution >= 4 is 5.91 Å². The van der Waals surface area contributed by atoms with E-state index in [-0.39, 0.29) is 18.7 Å². The highest BCUT2D eigenvalue weighted by atomic mass is 16.7. The zero-order valence-corrected chi connectivity index (χ0v) is 11.0. The molecule has 0 radical (unpaired) electrons. The summed E-state index contributed by atoms with van der Waals surface area (Å²) < 4.78 is 10.5. The maximum Gasteiger partial charge on any atom is 0.237 e. The van der Waals surface area contributed by atoms with Crippen molar-refractivity contribution in [2.75, 3.05) is 6.79 Å². The van der Waals surface area contributed by atoms with Crippen LogP contribution < -0.4 is 14.8 Å². The first kappa shape index (κ1) is 13.2.